The third-order valence-electron chi connectivity index (χ3n) is 7.52. The van der Waals surface area contributed by atoms with Crippen LogP contribution in [0.5, 0.6) is 17.2 Å². The Morgan fingerprint density at radius 3 is 1.76 bits per heavy atom. The van der Waals surface area contributed by atoms with Crippen LogP contribution in [0.1, 0.15) is 45.4 Å². The monoisotopic (exact) mass is 722 g/mol. The molecule has 270 valence electrons. The lowest BCUT2D eigenvalue weighted by Crippen LogP contribution is -2.70. The first kappa shape index (κ1) is 37.8. The van der Waals surface area contributed by atoms with Crippen molar-refractivity contribution in [3.63, 3.8) is 0 Å². The van der Waals surface area contributed by atoms with Gasteiger partial charge in [-0.2, -0.15) is 57.1 Å². The van der Waals surface area contributed by atoms with E-state index in [2.05, 4.69) is 21.6 Å². The van der Waals surface area contributed by atoms with Crippen molar-refractivity contribution in [2.45, 2.75) is 87.5 Å². The first-order valence-electron chi connectivity index (χ1n) is 14.6. The molecule has 0 aliphatic carbocycles. The van der Waals surface area contributed by atoms with Gasteiger partial charge in [0.1, 0.15) is 5.75 Å². The predicted molar refractivity (Wildman–Crippen MR) is 148 cm³/mol. The topological polar surface area (TPSA) is 53.5 Å². The lowest BCUT2D eigenvalue weighted by molar-refractivity contribution is -0.440. The smallest absolute Gasteiger partial charge is 0.460 e. The van der Waals surface area contributed by atoms with E-state index in [0.717, 1.165) is 50.7 Å². The average Bonchev–Trinajstić information content (AvgIpc) is 3.45. The van der Waals surface area contributed by atoms with E-state index in [-0.39, 0.29) is 5.82 Å². The molecule has 1 aliphatic heterocycles. The Balaban J connectivity index is 1.38. The van der Waals surface area contributed by atoms with Crippen LogP contribution in [0, 0.1) is 0 Å². The zero-order valence-corrected chi connectivity index (χ0v) is 25.3. The highest BCUT2D eigenvalue weighted by Gasteiger charge is 2.90. The Morgan fingerprint density at radius 1 is 0.612 bits per heavy atom. The summed E-state index contributed by atoms with van der Waals surface area (Å²) in [6.07, 6.45) is 1.02. The van der Waals surface area contributed by atoms with Crippen LogP contribution in [-0.4, -0.2) is 58.7 Å². The zero-order valence-electron chi connectivity index (χ0n) is 25.3. The predicted octanol–water partition coefficient (Wildman–Crippen LogP) is 10.4. The van der Waals surface area contributed by atoms with Crippen LogP contribution in [0.15, 0.2) is 54.9 Å². The van der Waals surface area contributed by atoms with Crippen LogP contribution in [0.2, 0.25) is 0 Å². The third kappa shape index (κ3) is 7.32. The minimum absolute atomic E-state index is 0.289. The highest BCUT2D eigenvalue weighted by Crippen LogP contribution is 2.60. The maximum atomic E-state index is 14.1. The second kappa shape index (κ2) is 13.7. The summed E-state index contributed by atoms with van der Waals surface area (Å²) in [7, 11) is 0. The lowest BCUT2D eigenvalue weighted by atomic mass is 9.94. The fourth-order valence-corrected chi connectivity index (χ4v) is 4.61. The van der Waals surface area contributed by atoms with Crippen molar-refractivity contribution in [3.8, 4) is 39.8 Å². The summed E-state index contributed by atoms with van der Waals surface area (Å²) in [6, 6.07) is 9.21. The number of hydrogen-bond acceptors (Lipinski definition) is 5. The Kier molecular flexibility index (Phi) is 10.6. The van der Waals surface area contributed by atoms with Gasteiger partial charge in [0.05, 0.1) is 0 Å². The molecule has 0 N–H and O–H groups in total. The van der Waals surface area contributed by atoms with Crippen molar-refractivity contribution in [1.82, 2.24) is 9.97 Å². The average molecular weight is 723 g/mol. The molecule has 3 aromatic rings. The number of aromatic nitrogens is 2. The van der Waals surface area contributed by atoms with Crippen molar-refractivity contribution in [2.75, 3.05) is 6.61 Å². The Labute approximate surface area is 270 Å². The largest absolute Gasteiger partial charge is 0.487 e. The minimum Gasteiger partial charge on any atom is -0.487 e. The number of alkyl halides is 13. The summed E-state index contributed by atoms with van der Waals surface area (Å²) in [5.74, 6) is -36.7. The summed E-state index contributed by atoms with van der Waals surface area (Å²) in [4.78, 5) is 8.53. The van der Waals surface area contributed by atoms with Gasteiger partial charge in [0.2, 0.25) is 6.29 Å². The fraction of sp³-hybridized carbons (Fsp3) is 0.484. The van der Waals surface area contributed by atoms with Gasteiger partial charge < -0.3 is 14.2 Å². The molecular weight excluding hydrogens is 695 g/mol. The fourth-order valence-electron chi connectivity index (χ4n) is 4.61. The maximum absolute atomic E-state index is 14.1. The van der Waals surface area contributed by atoms with Crippen LogP contribution in [0.25, 0.3) is 22.5 Å². The van der Waals surface area contributed by atoms with Gasteiger partial charge in [0, 0.05) is 29.9 Å². The van der Waals surface area contributed by atoms with Gasteiger partial charge in [-0.15, -0.1) is 0 Å². The van der Waals surface area contributed by atoms with E-state index >= 15 is 0 Å². The molecule has 1 aromatic heterocycles. The van der Waals surface area contributed by atoms with Gasteiger partial charge in [-0.25, -0.2) is 9.97 Å². The molecule has 0 fully saturated rings. The molecule has 49 heavy (non-hydrogen) atoms. The summed E-state index contributed by atoms with van der Waals surface area (Å²) >= 11 is 0. The number of nitrogens with zero attached hydrogens (tertiary/aromatic N) is 2. The molecule has 2 aromatic carbocycles. The number of fused-ring (bicyclic) bond motifs is 1. The van der Waals surface area contributed by atoms with Crippen LogP contribution in [0.4, 0.5) is 57.1 Å². The number of ether oxygens (including phenoxy) is 3. The van der Waals surface area contributed by atoms with Crippen molar-refractivity contribution in [2.24, 2.45) is 0 Å². The van der Waals surface area contributed by atoms with Gasteiger partial charge in [-0.1, -0.05) is 44.7 Å². The first-order valence-corrected chi connectivity index (χ1v) is 14.6. The molecule has 0 saturated heterocycles. The van der Waals surface area contributed by atoms with Crippen molar-refractivity contribution in [3.05, 3.63) is 54.9 Å². The number of rotatable bonds is 15. The van der Waals surface area contributed by atoms with E-state index < -0.39 is 54.4 Å². The number of unbranched alkanes of at least 4 members (excludes halogenated alkanes) is 4. The summed E-state index contributed by atoms with van der Waals surface area (Å²) in [6.45, 7) is -0.669. The molecule has 1 atom stereocenters. The van der Waals surface area contributed by atoms with Crippen LogP contribution in [-0.2, 0) is 0 Å². The number of hydrogen-bond donors (Lipinski definition) is 0. The molecule has 5 nitrogen and oxygen atoms in total. The van der Waals surface area contributed by atoms with Crippen LogP contribution >= 0.6 is 0 Å². The second-order valence-corrected chi connectivity index (χ2v) is 11.1. The van der Waals surface area contributed by atoms with Gasteiger partial charge in [-0.05, 0) is 42.3 Å². The molecule has 0 amide bonds. The Morgan fingerprint density at radius 2 is 1.16 bits per heavy atom. The SMILES string of the molecule is CCCCCCCC1Oc2ccc(-c3ncc(-c4ccc(OCC(F)(F)C(F)(F)C(F)(F)C(F)(F)C(F)(F)C(F)(F)F)cc4)cn3)cc2O1. The van der Waals surface area contributed by atoms with E-state index in [1.54, 1.807) is 18.2 Å². The highest BCUT2D eigenvalue weighted by molar-refractivity contribution is 5.66. The van der Waals surface area contributed by atoms with Crippen LogP contribution < -0.4 is 14.2 Å². The Hall–Kier alpha value is -3.99. The number of halogens is 13. The second-order valence-electron chi connectivity index (χ2n) is 11.1. The van der Waals surface area contributed by atoms with Gasteiger partial charge in [0.15, 0.2) is 23.9 Å². The van der Waals surface area contributed by atoms with Gasteiger partial charge >= 0.3 is 35.8 Å². The Bertz CT molecular complexity index is 1560. The van der Waals surface area contributed by atoms with Crippen molar-refractivity contribution >= 4 is 0 Å². The zero-order chi connectivity index (χ0) is 36.5. The minimum atomic E-state index is -7.97. The third-order valence-corrected chi connectivity index (χ3v) is 7.52. The molecule has 0 radical (unpaired) electrons. The molecule has 2 heterocycles. The summed E-state index contributed by atoms with van der Waals surface area (Å²) in [5, 5.41) is 0. The normalized spacial score (nSPS) is 15.8. The first-order chi connectivity index (χ1) is 22.7. The lowest BCUT2D eigenvalue weighted by Gasteiger charge is -2.39. The van der Waals surface area contributed by atoms with E-state index in [9.17, 15) is 57.1 Å². The highest BCUT2D eigenvalue weighted by atomic mass is 19.4. The van der Waals surface area contributed by atoms with E-state index in [0.29, 0.717) is 28.2 Å². The van der Waals surface area contributed by atoms with Crippen molar-refractivity contribution in [1.29, 1.82) is 0 Å². The molecule has 4 rings (SSSR count). The van der Waals surface area contributed by atoms with Crippen molar-refractivity contribution < 1.29 is 71.3 Å². The molecule has 0 saturated carbocycles. The molecular formula is C31H27F13N2O3. The molecule has 1 unspecified atom stereocenters. The van der Waals surface area contributed by atoms with Gasteiger partial charge in [-0.3, -0.25) is 0 Å². The quantitative estimate of drug-likeness (QED) is 0.116. The van der Waals surface area contributed by atoms with E-state index in [1.165, 1.54) is 24.5 Å². The molecule has 18 heteroatoms. The van der Waals surface area contributed by atoms with E-state index in [4.69, 9.17) is 9.47 Å². The molecule has 0 spiro atoms. The molecule has 0 bridgehead atoms. The van der Waals surface area contributed by atoms with Crippen LogP contribution in [0.3, 0.4) is 0 Å². The summed E-state index contributed by atoms with van der Waals surface area (Å²) < 4.78 is 189. The maximum Gasteiger partial charge on any atom is 0.460 e. The van der Waals surface area contributed by atoms with E-state index in [1.807, 2.05) is 0 Å². The number of benzene rings is 2. The molecule has 1 aliphatic rings. The standard InChI is InChI=1S/C31H27F13N2O3/c1-2-3-4-5-6-7-24-48-22-13-10-19(14-23(22)49-24)25-45-15-20(16-46-25)18-8-11-21(12-9-18)47-17-26(32,33)27(34,35)28(36,37)29(38,39)30(40,41)31(42,43)44/h8-16,24H,2-7,17H2,1H3. The van der Waals surface area contributed by atoms with Gasteiger partial charge in [0.25, 0.3) is 0 Å². The summed E-state index contributed by atoms with van der Waals surface area (Å²) in [5.41, 5.74) is 1.25.